The quantitative estimate of drug-likeness (QED) is 0.0825. The molecule has 1 heterocycles. The molecule has 0 fully saturated rings. The van der Waals surface area contributed by atoms with Gasteiger partial charge in [0.2, 0.25) is 0 Å². The van der Waals surface area contributed by atoms with Crippen LogP contribution in [0.1, 0.15) is 74.9 Å². The monoisotopic (exact) mass is 814 g/mol. The molecule has 0 aromatic heterocycles. The van der Waals surface area contributed by atoms with Gasteiger partial charge in [-0.05, 0) is 68.5 Å². The smallest absolute Gasteiger partial charge is 0.872 e. The van der Waals surface area contributed by atoms with Gasteiger partial charge in [0, 0.05) is 26.2 Å². The normalized spacial score (nSPS) is 12.3. The van der Waals surface area contributed by atoms with Crippen LogP contribution in [0, 0.1) is 30.6 Å². The van der Waals surface area contributed by atoms with E-state index in [2.05, 4.69) is 62.8 Å². The molecule has 52 heavy (non-hydrogen) atoms. The van der Waals surface area contributed by atoms with E-state index in [4.69, 9.17) is 30.6 Å². The van der Waals surface area contributed by atoms with E-state index in [-0.39, 0.29) is 61.3 Å². The summed E-state index contributed by atoms with van der Waals surface area (Å²) in [6, 6.07) is 24.0. The Kier molecular flexibility index (Phi) is 17.3. The van der Waals surface area contributed by atoms with Gasteiger partial charge in [0.1, 0.15) is 0 Å². The number of hydrogen-bond donors (Lipinski definition) is 4. The van der Waals surface area contributed by atoms with Crippen molar-refractivity contribution in [1.82, 2.24) is 0 Å². The minimum atomic E-state index is -1.75. The van der Waals surface area contributed by atoms with Crippen LogP contribution in [0.15, 0.2) is 72.8 Å². The fourth-order valence-corrected chi connectivity index (χ4v) is 5.24. The summed E-state index contributed by atoms with van der Waals surface area (Å²) >= 11 is 0. The van der Waals surface area contributed by atoms with Crippen molar-refractivity contribution < 1.29 is 59.3 Å². The van der Waals surface area contributed by atoms with E-state index in [1.165, 1.54) is 0 Å². The third-order valence-electron chi connectivity index (χ3n) is 7.95. The number of para-hydroxylation sites is 4. The predicted octanol–water partition coefficient (Wildman–Crippen LogP) is 6.71. The average Bonchev–Trinajstić information content (AvgIpc) is 3.01. The molecule has 0 atom stereocenters. The number of fused-ring (bicyclic) bond motifs is 6. The number of nitrogens with zero attached hydrogens (tertiary/aromatic N) is 2. The van der Waals surface area contributed by atoms with Gasteiger partial charge in [-0.25, -0.2) is 0 Å². The van der Waals surface area contributed by atoms with Crippen molar-refractivity contribution in [3.63, 3.8) is 0 Å². The van der Waals surface area contributed by atoms with Crippen molar-refractivity contribution in [2.45, 2.75) is 78.6 Å². The summed E-state index contributed by atoms with van der Waals surface area (Å²) < 4.78 is 0. The van der Waals surface area contributed by atoms with Crippen LogP contribution in [0.3, 0.4) is 0 Å². The zero-order valence-electron chi connectivity index (χ0n) is 30.3. The SMILES string of the molecule is CC(C)(C)c1cc2c([O-])c(c1)CNc1ccccc1NCc1cc(C(C)(C)C)cc(c1[O-])CNc1ccccc1NC2.O=[N+]([O-])[O-].O=[N+]([O-])[O-].[Zn+2].[Zn+2]. The van der Waals surface area contributed by atoms with Crippen LogP contribution in [0.25, 0.3) is 0 Å². The molecule has 5 rings (SSSR count). The third-order valence-corrected chi connectivity index (χ3v) is 7.95. The van der Waals surface area contributed by atoms with Crippen molar-refractivity contribution in [3.05, 3.63) is 137 Å². The number of anilines is 4. The molecule has 14 nitrogen and oxygen atoms in total. The van der Waals surface area contributed by atoms with Crippen molar-refractivity contribution in [1.29, 1.82) is 0 Å². The molecule has 4 N–H and O–H groups in total. The standard InChI is InChI=1S/C36H44N4O2.2NO3.2Zn/c1-35(2,3)27-15-23-19-37-29-11-7-9-13-31(29)39-21-25-17-28(36(4,5)6)18-26(34(25)42)22-40-32-14-10-8-12-30(32)38-20-24(16-27)33(23)41;2*2-1(3)4;;/h7-18,37-42H,19-22H2,1-6H3;;;;/q;2*-1;2*+2/p-2. The summed E-state index contributed by atoms with van der Waals surface area (Å²) in [5, 5.41) is 70.9. The molecule has 1 aliphatic heterocycles. The van der Waals surface area contributed by atoms with E-state index < -0.39 is 10.2 Å². The maximum absolute atomic E-state index is 13.7. The largest absolute Gasteiger partial charge is 2.00 e. The van der Waals surface area contributed by atoms with Crippen LogP contribution < -0.4 is 31.5 Å². The van der Waals surface area contributed by atoms with Crippen LogP contribution in [0.4, 0.5) is 22.7 Å². The van der Waals surface area contributed by atoms with Crippen LogP contribution in [-0.2, 0) is 76.0 Å². The summed E-state index contributed by atoms with van der Waals surface area (Å²) in [6.45, 7) is 14.6. The second-order valence-corrected chi connectivity index (χ2v) is 13.7. The Morgan fingerprint density at radius 2 is 0.673 bits per heavy atom. The minimum absolute atomic E-state index is 0. The van der Waals surface area contributed by atoms with Crippen molar-refractivity contribution in [3.8, 4) is 11.5 Å². The van der Waals surface area contributed by atoms with Crippen molar-refractivity contribution >= 4 is 22.7 Å². The molecule has 16 heteroatoms. The summed E-state index contributed by atoms with van der Waals surface area (Å²) in [4.78, 5) is 16.5. The Hall–Kier alpha value is -4.67. The van der Waals surface area contributed by atoms with Gasteiger partial charge in [-0.1, -0.05) is 102 Å². The van der Waals surface area contributed by atoms with Gasteiger partial charge in [0.15, 0.2) is 0 Å². The first-order valence-electron chi connectivity index (χ1n) is 15.8. The van der Waals surface area contributed by atoms with Gasteiger partial charge in [-0.3, -0.25) is 0 Å². The Morgan fingerprint density at radius 1 is 0.481 bits per heavy atom. The molecule has 0 saturated heterocycles. The van der Waals surface area contributed by atoms with Gasteiger partial charge < -0.3 is 62.1 Å². The van der Waals surface area contributed by atoms with E-state index in [0.29, 0.717) is 26.2 Å². The minimum Gasteiger partial charge on any atom is -0.872 e. The Morgan fingerprint density at radius 3 is 0.846 bits per heavy atom. The zero-order valence-corrected chi connectivity index (χ0v) is 36.3. The second-order valence-electron chi connectivity index (χ2n) is 13.7. The van der Waals surface area contributed by atoms with E-state index in [0.717, 1.165) is 56.1 Å². The maximum Gasteiger partial charge on any atom is 2.00 e. The maximum atomic E-state index is 13.7. The van der Waals surface area contributed by atoms with Crippen molar-refractivity contribution in [2.24, 2.45) is 0 Å². The van der Waals surface area contributed by atoms with Gasteiger partial charge >= 0.3 is 39.0 Å². The van der Waals surface area contributed by atoms with Crippen LogP contribution in [0.5, 0.6) is 11.5 Å². The molecular formula is C36H42N6O8Zn2. The summed E-state index contributed by atoms with van der Waals surface area (Å²) in [5.74, 6) is 0.0846. The summed E-state index contributed by atoms with van der Waals surface area (Å²) in [7, 11) is 0. The fourth-order valence-electron chi connectivity index (χ4n) is 5.24. The van der Waals surface area contributed by atoms with Crippen LogP contribution in [0.2, 0.25) is 0 Å². The second kappa shape index (κ2) is 19.8. The van der Waals surface area contributed by atoms with Gasteiger partial charge in [0.05, 0.1) is 32.9 Å². The van der Waals surface area contributed by atoms with Gasteiger partial charge in [-0.2, -0.15) is 0 Å². The number of nitrogens with one attached hydrogen (secondary N) is 4. The number of benzene rings is 4. The Labute approximate surface area is 328 Å². The summed E-state index contributed by atoms with van der Waals surface area (Å²) in [5.41, 5.74) is 8.47. The van der Waals surface area contributed by atoms with Crippen LogP contribution >= 0.6 is 0 Å². The first-order chi connectivity index (χ1) is 23.4. The molecule has 0 aliphatic carbocycles. The Balaban J connectivity index is 0.00000123. The first kappa shape index (κ1) is 45.3. The Bertz CT molecular complexity index is 1580. The molecular weight excluding hydrogens is 775 g/mol. The molecule has 1 aliphatic rings. The third kappa shape index (κ3) is 13.5. The molecule has 4 aromatic carbocycles. The number of rotatable bonds is 0. The molecule has 0 unspecified atom stereocenters. The van der Waals surface area contributed by atoms with Gasteiger partial charge in [0.25, 0.3) is 0 Å². The van der Waals surface area contributed by atoms with E-state index in [1.54, 1.807) is 0 Å². The number of hydrogen-bond acceptors (Lipinski definition) is 12. The molecule has 0 spiro atoms. The van der Waals surface area contributed by atoms with E-state index in [9.17, 15) is 10.2 Å². The molecule has 268 valence electrons. The topological polar surface area (TPSA) is 227 Å². The average molecular weight is 818 g/mol. The molecule has 0 saturated carbocycles. The molecule has 4 aromatic rings. The fraction of sp³-hybridized carbons (Fsp3) is 0.333. The van der Waals surface area contributed by atoms with Crippen molar-refractivity contribution in [2.75, 3.05) is 21.3 Å². The van der Waals surface area contributed by atoms with Crippen LogP contribution in [-0.4, -0.2) is 10.2 Å². The molecule has 0 radical (unpaired) electrons. The van der Waals surface area contributed by atoms with Gasteiger partial charge in [-0.15, -0.1) is 0 Å². The zero-order chi connectivity index (χ0) is 37.2. The van der Waals surface area contributed by atoms with E-state index in [1.807, 2.05) is 72.8 Å². The first-order valence-corrected chi connectivity index (χ1v) is 15.8. The predicted molar refractivity (Wildman–Crippen MR) is 192 cm³/mol. The summed E-state index contributed by atoms with van der Waals surface area (Å²) in [6.07, 6.45) is 0. The van der Waals surface area contributed by atoms with E-state index >= 15 is 0 Å². The molecule has 0 amide bonds. The molecule has 4 bridgehead atoms.